The van der Waals surface area contributed by atoms with E-state index in [-0.39, 0.29) is 30.3 Å². The van der Waals surface area contributed by atoms with Crippen LogP contribution in [0.25, 0.3) is 0 Å². The molecule has 112 valence electrons. The third-order valence-corrected chi connectivity index (χ3v) is 3.25. The second-order valence-electron chi connectivity index (χ2n) is 5.70. The molecule has 3 atom stereocenters. The van der Waals surface area contributed by atoms with Gasteiger partial charge in [-0.1, -0.05) is 13.8 Å². The van der Waals surface area contributed by atoms with E-state index in [0.29, 0.717) is 0 Å². The minimum Gasteiger partial charge on any atom is -0.468 e. The minimum absolute atomic E-state index is 0.178. The molecule has 3 unspecified atom stereocenters. The lowest BCUT2D eigenvalue weighted by Gasteiger charge is -2.36. The van der Waals surface area contributed by atoms with Crippen molar-refractivity contribution in [1.82, 2.24) is 10.2 Å². The number of methoxy groups -OCH3 is 1. The quantitative estimate of drug-likeness (QED) is 0.732. The van der Waals surface area contributed by atoms with E-state index in [1.807, 2.05) is 13.8 Å². The number of hydrogen-bond acceptors (Lipinski definition) is 5. The number of ether oxygens (including phenoxy) is 2. The van der Waals surface area contributed by atoms with Gasteiger partial charge >= 0.3 is 5.97 Å². The summed E-state index contributed by atoms with van der Waals surface area (Å²) < 4.78 is 10.6. The summed E-state index contributed by atoms with van der Waals surface area (Å²) in [6.45, 7) is 11.0. The van der Waals surface area contributed by atoms with Crippen LogP contribution in [-0.2, 0) is 14.3 Å². The second-order valence-corrected chi connectivity index (χ2v) is 5.70. The number of carbonyl (C=O) groups is 1. The van der Waals surface area contributed by atoms with E-state index in [1.54, 1.807) is 0 Å². The summed E-state index contributed by atoms with van der Waals surface area (Å²) in [5, 5.41) is 3.26. The van der Waals surface area contributed by atoms with Crippen LogP contribution in [0.15, 0.2) is 0 Å². The SMILES string of the molecule is COC(=O)C(CCN1CC(C)OC(C)C1)NC(C)C. The van der Waals surface area contributed by atoms with Gasteiger partial charge in [0, 0.05) is 25.7 Å². The average Bonchev–Trinajstić information content (AvgIpc) is 2.31. The molecule has 5 heteroatoms. The van der Waals surface area contributed by atoms with Gasteiger partial charge < -0.3 is 14.8 Å². The Balaban J connectivity index is 2.44. The lowest BCUT2D eigenvalue weighted by molar-refractivity contribution is -0.143. The maximum atomic E-state index is 11.7. The van der Waals surface area contributed by atoms with Crippen LogP contribution in [0, 0.1) is 0 Å². The highest BCUT2D eigenvalue weighted by Crippen LogP contribution is 2.11. The molecule has 0 spiro atoms. The van der Waals surface area contributed by atoms with Crippen molar-refractivity contribution in [2.45, 2.75) is 58.4 Å². The van der Waals surface area contributed by atoms with E-state index in [9.17, 15) is 4.79 Å². The topological polar surface area (TPSA) is 50.8 Å². The maximum absolute atomic E-state index is 11.7. The smallest absolute Gasteiger partial charge is 0.322 e. The molecule has 1 aliphatic rings. The number of esters is 1. The van der Waals surface area contributed by atoms with Gasteiger partial charge in [0.25, 0.3) is 0 Å². The van der Waals surface area contributed by atoms with Gasteiger partial charge in [0.05, 0.1) is 19.3 Å². The number of nitrogens with zero attached hydrogens (tertiary/aromatic N) is 1. The highest BCUT2D eigenvalue weighted by Gasteiger charge is 2.25. The number of hydrogen-bond donors (Lipinski definition) is 1. The molecule has 0 radical (unpaired) electrons. The van der Waals surface area contributed by atoms with Crippen molar-refractivity contribution < 1.29 is 14.3 Å². The predicted molar refractivity (Wildman–Crippen MR) is 75.1 cm³/mol. The van der Waals surface area contributed by atoms with Crippen molar-refractivity contribution in [2.24, 2.45) is 0 Å². The van der Waals surface area contributed by atoms with Crippen molar-refractivity contribution in [3.8, 4) is 0 Å². The predicted octanol–water partition coefficient (Wildman–Crippen LogP) is 1.03. The van der Waals surface area contributed by atoms with Crippen LogP contribution in [0.2, 0.25) is 0 Å². The molecule has 5 nitrogen and oxygen atoms in total. The van der Waals surface area contributed by atoms with Crippen LogP contribution in [0.5, 0.6) is 0 Å². The van der Waals surface area contributed by atoms with Crippen LogP contribution in [0.1, 0.15) is 34.1 Å². The lowest BCUT2D eigenvalue weighted by atomic mass is 10.1. The Morgan fingerprint density at radius 1 is 1.37 bits per heavy atom. The Kier molecular flexibility index (Phi) is 6.75. The zero-order valence-electron chi connectivity index (χ0n) is 12.8. The number of rotatable bonds is 6. The van der Waals surface area contributed by atoms with Gasteiger partial charge in [0.1, 0.15) is 6.04 Å². The zero-order chi connectivity index (χ0) is 14.4. The molecule has 0 saturated carbocycles. The van der Waals surface area contributed by atoms with Gasteiger partial charge in [-0.15, -0.1) is 0 Å². The first kappa shape index (κ1) is 16.4. The maximum Gasteiger partial charge on any atom is 0.322 e. The molecular weight excluding hydrogens is 244 g/mol. The van der Waals surface area contributed by atoms with Crippen molar-refractivity contribution in [1.29, 1.82) is 0 Å². The highest BCUT2D eigenvalue weighted by molar-refractivity contribution is 5.75. The first-order valence-corrected chi connectivity index (χ1v) is 7.14. The summed E-state index contributed by atoms with van der Waals surface area (Å²) in [6, 6.07) is 0.0464. The molecule has 1 N–H and O–H groups in total. The van der Waals surface area contributed by atoms with Gasteiger partial charge in [-0.05, 0) is 20.3 Å². The molecule has 1 rings (SSSR count). The molecule has 1 fully saturated rings. The number of nitrogens with one attached hydrogen (secondary N) is 1. The summed E-state index contributed by atoms with van der Waals surface area (Å²) in [7, 11) is 1.44. The monoisotopic (exact) mass is 272 g/mol. The molecule has 0 amide bonds. The van der Waals surface area contributed by atoms with E-state index < -0.39 is 0 Å². The van der Waals surface area contributed by atoms with E-state index in [0.717, 1.165) is 26.1 Å². The van der Waals surface area contributed by atoms with Crippen LogP contribution < -0.4 is 5.32 Å². The third-order valence-electron chi connectivity index (χ3n) is 3.25. The second kappa shape index (κ2) is 7.82. The third kappa shape index (κ3) is 5.89. The molecule has 0 aromatic rings. The van der Waals surface area contributed by atoms with E-state index >= 15 is 0 Å². The largest absolute Gasteiger partial charge is 0.468 e. The Bertz CT molecular complexity index is 274. The van der Waals surface area contributed by atoms with Gasteiger partial charge in [0.15, 0.2) is 0 Å². The fourth-order valence-corrected chi connectivity index (χ4v) is 2.59. The lowest BCUT2D eigenvalue weighted by Crippen LogP contribution is -2.48. The fraction of sp³-hybridized carbons (Fsp3) is 0.929. The minimum atomic E-state index is -0.224. The number of carbonyl (C=O) groups excluding carboxylic acids is 1. The van der Waals surface area contributed by atoms with Crippen LogP contribution in [0.3, 0.4) is 0 Å². The summed E-state index contributed by atoms with van der Waals surface area (Å²) in [5.41, 5.74) is 0. The Morgan fingerprint density at radius 2 is 1.95 bits per heavy atom. The van der Waals surface area contributed by atoms with Crippen molar-refractivity contribution in [2.75, 3.05) is 26.7 Å². The summed E-state index contributed by atoms with van der Waals surface area (Å²) in [6.07, 6.45) is 1.29. The summed E-state index contributed by atoms with van der Waals surface area (Å²) in [4.78, 5) is 14.1. The van der Waals surface area contributed by atoms with Crippen molar-refractivity contribution >= 4 is 5.97 Å². The molecular formula is C14H28N2O3. The van der Waals surface area contributed by atoms with Gasteiger partial charge in [-0.3, -0.25) is 9.69 Å². The highest BCUT2D eigenvalue weighted by atomic mass is 16.5. The molecule has 19 heavy (non-hydrogen) atoms. The van der Waals surface area contributed by atoms with E-state index in [4.69, 9.17) is 9.47 Å². The molecule has 0 bridgehead atoms. The summed E-state index contributed by atoms with van der Waals surface area (Å²) in [5.74, 6) is -0.178. The molecule has 0 aliphatic carbocycles. The first-order valence-electron chi connectivity index (χ1n) is 7.14. The Labute approximate surface area is 116 Å². The van der Waals surface area contributed by atoms with Crippen molar-refractivity contribution in [3.63, 3.8) is 0 Å². The Morgan fingerprint density at radius 3 is 2.42 bits per heavy atom. The molecule has 0 aromatic heterocycles. The van der Waals surface area contributed by atoms with Gasteiger partial charge in [0.2, 0.25) is 0 Å². The Hall–Kier alpha value is -0.650. The zero-order valence-corrected chi connectivity index (χ0v) is 12.8. The average molecular weight is 272 g/mol. The van der Waals surface area contributed by atoms with E-state index in [1.165, 1.54) is 7.11 Å². The fourth-order valence-electron chi connectivity index (χ4n) is 2.59. The molecule has 1 aliphatic heterocycles. The molecule has 0 aromatic carbocycles. The van der Waals surface area contributed by atoms with Gasteiger partial charge in [-0.25, -0.2) is 0 Å². The van der Waals surface area contributed by atoms with Crippen LogP contribution in [-0.4, -0.2) is 61.9 Å². The summed E-state index contributed by atoms with van der Waals surface area (Å²) >= 11 is 0. The molecule has 1 heterocycles. The number of morpholine rings is 1. The van der Waals surface area contributed by atoms with Crippen LogP contribution >= 0.6 is 0 Å². The van der Waals surface area contributed by atoms with Gasteiger partial charge in [-0.2, -0.15) is 0 Å². The molecule has 1 saturated heterocycles. The first-order chi connectivity index (χ1) is 8.92. The standard InChI is InChI=1S/C14H28N2O3/c1-10(2)15-13(14(17)18-5)6-7-16-8-11(3)19-12(4)9-16/h10-13,15H,6-9H2,1-5H3. The van der Waals surface area contributed by atoms with Crippen LogP contribution in [0.4, 0.5) is 0 Å². The normalized spacial score (nSPS) is 26.4. The van der Waals surface area contributed by atoms with E-state index in [2.05, 4.69) is 24.1 Å². The van der Waals surface area contributed by atoms with Crippen molar-refractivity contribution in [3.05, 3.63) is 0 Å².